The normalized spacial score (nSPS) is 13.6. The van der Waals surface area contributed by atoms with Crippen LogP contribution < -0.4 is 10.2 Å². The first kappa shape index (κ1) is 17.3. The van der Waals surface area contributed by atoms with Gasteiger partial charge >= 0.3 is 0 Å². The van der Waals surface area contributed by atoms with Crippen molar-refractivity contribution < 1.29 is 4.79 Å². The standard InChI is InChI=1S/C19H25N5O/c1-11(2)17-22-16-15(6-7-20-19(16)25)18(23-17)24(5)10-14-9-12(3)8-13(4)21-14/h8-9,11H,6-7,10H2,1-5H3,(H,20,25). The summed E-state index contributed by atoms with van der Waals surface area (Å²) < 4.78 is 0. The van der Waals surface area contributed by atoms with E-state index in [0.717, 1.165) is 29.2 Å². The second-order valence-corrected chi connectivity index (χ2v) is 7.03. The largest absolute Gasteiger partial charge is 0.353 e. The molecular formula is C19H25N5O. The molecule has 0 radical (unpaired) electrons. The van der Waals surface area contributed by atoms with Gasteiger partial charge in [0.1, 0.15) is 17.3 Å². The van der Waals surface area contributed by atoms with Gasteiger partial charge in [-0.25, -0.2) is 9.97 Å². The molecule has 0 spiro atoms. The van der Waals surface area contributed by atoms with Crippen molar-refractivity contribution in [3.8, 4) is 0 Å². The summed E-state index contributed by atoms with van der Waals surface area (Å²) in [6.07, 6.45) is 0.749. The minimum absolute atomic E-state index is 0.107. The first-order valence-electron chi connectivity index (χ1n) is 8.69. The van der Waals surface area contributed by atoms with Crippen molar-refractivity contribution in [3.05, 3.63) is 46.2 Å². The fraction of sp³-hybridized carbons (Fsp3) is 0.474. The second-order valence-electron chi connectivity index (χ2n) is 7.03. The van der Waals surface area contributed by atoms with E-state index in [1.807, 2.05) is 27.8 Å². The summed E-state index contributed by atoms with van der Waals surface area (Å²) in [6, 6.07) is 4.16. The molecule has 0 fully saturated rings. The average Bonchev–Trinajstić information content (AvgIpc) is 2.53. The number of aromatic nitrogens is 3. The van der Waals surface area contributed by atoms with Gasteiger partial charge in [0.15, 0.2) is 0 Å². The highest BCUT2D eigenvalue weighted by molar-refractivity contribution is 5.96. The lowest BCUT2D eigenvalue weighted by atomic mass is 10.0. The molecule has 1 N–H and O–H groups in total. The number of rotatable bonds is 4. The number of hydrogen-bond donors (Lipinski definition) is 1. The minimum atomic E-state index is -0.107. The number of carbonyl (C=O) groups excluding carboxylic acids is 1. The van der Waals surface area contributed by atoms with Gasteiger partial charge in [-0.3, -0.25) is 9.78 Å². The molecule has 1 aliphatic heterocycles. The van der Waals surface area contributed by atoms with Crippen molar-refractivity contribution >= 4 is 11.7 Å². The highest BCUT2D eigenvalue weighted by Gasteiger charge is 2.26. The summed E-state index contributed by atoms with van der Waals surface area (Å²) in [5.74, 6) is 1.59. The predicted molar refractivity (Wildman–Crippen MR) is 98.0 cm³/mol. The molecule has 1 aliphatic rings. The molecule has 6 nitrogen and oxygen atoms in total. The highest BCUT2D eigenvalue weighted by Crippen LogP contribution is 2.26. The summed E-state index contributed by atoms with van der Waals surface area (Å²) in [6.45, 7) is 9.43. The van der Waals surface area contributed by atoms with Gasteiger partial charge in [-0.15, -0.1) is 0 Å². The Balaban J connectivity index is 2.01. The second kappa shape index (κ2) is 6.78. The van der Waals surface area contributed by atoms with Crippen molar-refractivity contribution in [2.45, 2.75) is 46.6 Å². The van der Waals surface area contributed by atoms with Gasteiger partial charge in [-0.05, 0) is 38.0 Å². The van der Waals surface area contributed by atoms with E-state index in [4.69, 9.17) is 4.98 Å². The third-order valence-electron chi connectivity index (χ3n) is 4.31. The van der Waals surface area contributed by atoms with Crippen LogP contribution in [0.4, 0.5) is 5.82 Å². The lowest BCUT2D eigenvalue weighted by Crippen LogP contribution is -2.35. The fourth-order valence-electron chi connectivity index (χ4n) is 3.19. The molecule has 3 heterocycles. The number of amides is 1. The molecule has 0 bridgehead atoms. The maximum atomic E-state index is 12.3. The van der Waals surface area contributed by atoms with Crippen LogP contribution in [0.1, 0.15) is 58.6 Å². The Bertz CT molecular complexity index is 795. The number of hydrogen-bond acceptors (Lipinski definition) is 5. The fourth-order valence-corrected chi connectivity index (χ4v) is 3.19. The quantitative estimate of drug-likeness (QED) is 0.927. The van der Waals surface area contributed by atoms with E-state index in [9.17, 15) is 4.79 Å². The molecule has 6 heteroatoms. The van der Waals surface area contributed by atoms with Crippen molar-refractivity contribution in [3.63, 3.8) is 0 Å². The molecule has 0 aliphatic carbocycles. The molecule has 1 amide bonds. The number of nitrogens with zero attached hydrogens (tertiary/aromatic N) is 4. The van der Waals surface area contributed by atoms with E-state index in [0.29, 0.717) is 24.6 Å². The maximum absolute atomic E-state index is 12.3. The SMILES string of the molecule is Cc1cc(C)nc(CN(C)c2nc(C(C)C)nc3c2CCNC3=O)c1. The predicted octanol–water partition coefficient (Wildman–Crippen LogP) is 2.53. The van der Waals surface area contributed by atoms with Crippen LogP contribution in [0.5, 0.6) is 0 Å². The van der Waals surface area contributed by atoms with E-state index in [2.05, 4.69) is 39.2 Å². The van der Waals surface area contributed by atoms with Crippen molar-refractivity contribution in [1.29, 1.82) is 0 Å². The van der Waals surface area contributed by atoms with E-state index >= 15 is 0 Å². The number of anilines is 1. The summed E-state index contributed by atoms with van der Waals surface area (Å²) in [5.41, 5.74) is 4.65. The number of carbonyl (C=O) groups is 1. The summed E-state index contributed by atoms with van der Waals surface area (Å²) in [4.78, 5) is 28.2. The molecule has 2 aromatic rings. The molecule has 25 heavy (non-hydrogen) atoms. The summed E-state index contributed by atoms with van der Waals surface area (Å²) in [5, 5.41) is 2.88. The van der Waals surface area contributed by atoms with Crippen LogP contribution >= 0.6 is 0 Å². The van der Waals surface area contributed by atoms with Crippen LogP contribution in [0, 0.1) is 13.8 Å². The molecule has 0 atom stereocenters. The highest BCUT2D eigenvalue weighted by atomic mass is 16.1. The first-order valence-corrected chi connectivity index (χ1v) is 8.69. The Hall–Kier alpha value is -2.50. The molecule has 2 aromatic heterocycles. The van der Waals surface area contributed by atoms with Crippen molar-refractivity contribution in [1.82, 2.24) is 20.3 Å². The number of aryl methyl sites for hydroxylation is 2. The molecule has 3 rings (SSSR count). The molecule has 0 unspecified atom stereocenters. The van der Waals surface area contributed by atoms with Gasteiger partial charge in [0.2, 0.25) is 0 Å². The third-order valence-corrected chi connectivity index (χ3v) is 4.31. The van der Waals surface area contributed by atoms with E-state index in [1.165, 1.54) is 5.56 Å². The van der Waals surface area contributed by atoms with Crippen LogP contribution in [0.25, 0.3) is 0 Å². The van der Waals surface area contributed by atoms with Crippen LogP contribution in [0.3, 0.4) is 0 Å². The Morgan fingerprint density at radius 3 is 2.64 bits per heavy atom. The van der Waals surface area contributed by atoms with Gasteiger partial charge in [0.25, 0.3) is 5.91 Å². The van der Waals surface area contributed by atoms with Crippen molar-refractivity contribution in [2.75, 3.05) is 18.5 Å². The van der Waals surface area contributed by atoms with E-state index in [-0.39, 0.29) is 11.8 Å². The molecule has 132 valence electrons. The van der Waals surface area contributed by atoms with Crippen molar-refractivity contribution in [2.24, 2.45) is 0 Å². The smallest absolute Gasteiger partial charge is 0.270 e. The Kier molecular flexibility index (Phi) is 4.70. The zero-order chi connectivity index (χ0) is 18.1. The van der Waals surface area contributed by atoms with Crippen LogP contribution in [0.15, 0.2) is 12.1 Å². The Morgan fingerprint density at radius 2 is 1.96 bits per heavy atom. The third kappa shape index (κ3) is 3.62. The average molecular weight is 339 g/mol. The zero-order valence-electron chi connectivity index (χ0n) is 15.6. The molecule has 0 saturated heterocycles. The van der Waals surface area contributed by atoms with Gasteiger partial charge in [0, 0.05) is 30.8 Å². The number of fused-ring (bicyclic) bond motifs is 1. The van der Waals surface area contributed by atoms with Gasteiger partial charge in [0.05, 0.1) is 12.2 Å². The minimum Gasteiger partial charge on any atom is -0.353 e. The lowest BCUT2D eigenvalue weighted by molar-refractivity contribution is 0.0940. The summed E-state index contributed by atoms with van der Waals surface area (Å²) >= 11 is 0. The van der Waals surface area contributed by atoms with Gasteiger partial charge in [-0.1, -0.05) is 13.8 Å². The van der Waals surface area contributed by atoms with Crippen LogP contribution in [0.2, 0.25) is 0 Å². The zero-order valence-corrected chi connectivity index (χ0v) is 15.6. The van der Waals surface area contributed by atoms with Crippen LogP contribution in [-0.4, -0.2) is 34.5 Å². The van der Waals surface area contributed by atoms with Gasteiger partial charge < -0.3 is 10.2 Å². The molecule has 0 aromatic carbocycles. The van der Waals surface area contributed by atoms with E-state index < -0.39 is 0 Å². The molecule has 0 saturated carbocycles. The summed E-state index contributed by atoms with van der Waals surface area (Å²) in [7, 11) is 2.00. The topological polar surface area (TPSA) is 71.0 Å². The van der Waals surface area contributed by atoms with E-state index in [1.54, 1.807) is 0 Å². The monoisotopic (exact) mass is 339 g/mol. The molecular weight excluding hydrogens is 314 g/mol. The first-order chi connectivity index (χ1) is 11.8. The number of pyridine rings is 1. The lowest BCUT2D eigenvalue weighted by Gasteiger charge is -2.26. The Labute approximate surface area is 148 Å². The Morgan fingerprint density at radius 1 is 1.20 bits per heavy atom. The number of nitrogens with one attached hydrogen (secondary N) is 1. The maximum Gasteiger partial charge on any atom is 0.270 e. The van der Waals surface area contributed by atoms with Crippen LogP contribution in [-0.2, 0) is 13.0 Å². The van der Waals surface area contributed by atoms with Gasteiger partial charge in [-0.2, -0.15) is 0 Å².